The first-order chi connectivity index (χ1) is 9.85. The number of nitrogens with zero attached hydrogens (tertiary/aromatic N) is 1. The van der Waals surface area contributed by atoms with E-state index in [2.05, 4.69) is 45.1 Å². The van der Waals surface area contributed by atoms with Gasteiger partial charge in [0.2, 0.25) is 0 Å². The molecule has 2 nitrogen and oxygen atoms in total. The second kappa shape index (κ2) is 8.11. The van der Waals surface area contributed by atoms with Crippen molar-refractivity contribution in [3.63, 3.8) is 0 Å². The standard InChI is InChI=1S/C17H28ClFN2/c1-6-10-20-16(17(3,7-2)21(4)5)12-13-11-14(19)8-9-15(13)18/h8-9,11,16,20H,6-7,10,12H2,1-5H3. The lowest BCUT2D eigenvalue weighted by molar-refractivity contribution is 0.112. The first-order valence-corrected chi connectivity index (χ1v) is 8.07. The third kappa shape index (κ3) is 4.67. The van der Waals surface area contributed by atoms with E-state index in [0.29, 0.717) is 5.02 Å². The Kier molecular flexibility index (Phi) is 7.11. The van der Waals surface area contributed by atoms with E-state index in [9.17, 15) is 4.39 Å². The maximum atomic E-state index is 13.5. The van der Waals surface area contributed by atoms with Crippen LogP contribution in [0.25, 0.3) is 0 Å². The van der Waals surface area contributed by atoms with Crippen molar-refractivity contribution in [3.8, 4) is 0 Å². The van der Waals surface area contributed by atoms with Crippen LogP contribution in [-0.2, 0) is 6.42 Å². The lowest BCUT2D eigenvalue weighted by Crippen LogP contribution is -2.58. The molecule has 0 saturated heterocycles. The van der Waals surface area contributed by atoms with Crippen molar-refractivity contribution in [1.29, 1.82) is 0 Å². The SMILES string of the molecule is CCCNC(Cc1cc(F)ccc1Cl)C(C)(CC)N(C)C. The Morgan fingerprint density at radius 2 is 2.00 bits per heavy atom. The predicted octanol–water partition coefficient (Wildman–Crippen LogP) is 4.12. The molecule has 0 aliphatic heterocycles. The summed E-state index contributed by atoms with van der Waals surface area (Å²) < 4.78 is 13.5. The highest BCUT2D eigenvalue weighted by Gasteiger charge is 2.34. The van der Waals surface area contributed by atoms with Crippen LogP contribution in [0.1, 0.15) is 39.2 Å². The van der Waals surface area contributed by atoms with Gasteiger partial charge in [-0.1, -0.05) is 25.4 Å². The summed E-state index contributed by atoms with van der Waals surface area (Å²) in [6.07, 6.45) is 2.80. The van der Waals surface area contributed by atoms with Gasteiger partial charge < -0.3 is 10.2 Å². The van der Waals surface area contributed by atoms with Crippen LogP contribution in [0.5, 0.6) is 0 Å². The minimum absolute atomic E-state index is 0.00911. The first-order valence-electron chi connectivity index (χ1n) is 7.69. The quantitative estimate of drug-likeness (QED) is 0.776. The highest BCUT2D eigenvalue weighted by Crippen LogP contribution is 2.27. The molecule has 1 N–H and O–H groups in total. The van der Waals surface area contributed by atoms with Crippen molar-refractivity contribution in [1.82, 2.24) is 10.2 Å². The Bertz CT molecular complexity index is 450. The fraction of sp³-hybridized carbons (Fsp3) is 0.647. The second-order valence-electron chi connectivity index (χ2n) is 6.05. The van der Waals surface area contributed by atoms with Crippen molar-refractivity contribution in [2.24, 2.45) is 0 Å². The van der Waals surface area contributed by atoms with Crippen molar-refractivity contribution in [2.45, 2.75) is 51.6 Å². The first kappa shape index (κ1) is 18.4. The zero-order chi connectivity index (χ0) is 16.0. The second-order valence-corrected chi connectivity index (χ2v) is 6.46. The fourth-order valence-corrected chi connectivity index (χ4v) is 2.82. The zero-order valence-corrected chi connectivity index (χ0v) is 14.6. The van der Waals surface area contributed by atoms with Gasteiger partial charge in [0.15, 0.2) is 0 Å². The van der Waals surface area contributed by atoms with Gasteiger partial charge in [0, 0.05) is 16.6 Å². The summed E-state index contributed by atoms with van der Waals surface area (Å²) in [6.45, 7) is 7.53. The smallest absolute Gasteiger partial charge is 0.123 e. The normalized spacial score (nSPS) is 16.0. The predicted molar refractivity (Wildman–Crippen MR) is 89.6 cm³/mol. The largest absolute Gasteiger partial charge is 0.312 e. The lowest BCUT2D eigenvalue weighted by atomic mass is 9.84. The van der Waals surface area contributed by atoms with E-state index >= 15 is 0 Å². The van der Waals surface area contributed by atoms with E-state index in [1.807, 2.05) is 0 Å². The van der Waals surface area contributed by atoms with Crippen LogP contribution in [0.4, 0.5) is 4.39 Å². The van der Waals surface area contributed by atoms with Crippen LogP contribution in [0.2, 0.25) is 5.02 Å². The number of benzene rings is 1. The molecule has 0 heterocycles. The van der Waals surface area contributed by atoms with E-state index in [4.69, 9.17) is 11.6 Å². The molecular weight excluding hydrogens is 287 g/mol. The van der Waals surface area contributed by atoms with E-state index in [0.717, 1.165) is 31.4 Å². The molecule has 2 unspecified atom stereocenters. The van der Waals surface area contributed by atoms with Gasteiger partial charge >= 0.3 is 0 Å². The summed E-state index contributed by atoms with van der Waals surface area (Å²) in [7, 11) is 4.19. The molecule has 0 amide bonds. The van der Waals surface area contributed by atoms with Gasteiger partial charge in [0.25, 0.3) is 0 Å². The van der Waals surface area contributed by atoms with Crippen LogP contribution in [0.3, 0.4) is 0 Å². The van der Waals surface area contributed by atoms with Crippen LogP contribution < -0.4 is 5.32 Å². The minimum Gasteiger partial charge on any atom is -0.312 e. The molecule has 0 aromatic heterocycles. The lowest BCUT2D eigenvalue weighted by Gasteiger charge is -2.43. The van der Waals surface area contributed by atoms with E-state index in [-0.39, 0.29) is 17.4 Å². The van der Waals surface area contributed by atoms with Crippen molar-refractivity contribution >= 4 is 11.6 Å². The molecule has 1 aromatic carbocycles. The summed E-state index contributed by atoms with van der Waals surface area (Å²) >= 11 is 6.24. The number of halogens is 2. The number of hydrogen-bond acceptors (Lipinski definition) is 2. The fourth-order valence-electron chi connectivity index (χ4n) is 2.62. The molecule has 4 heteroatoms. The molecule has 1 aromatic rings. The molecule has 0 fully saturated rings. The van der Waals surface area contributed by atoms with Crippen LogP contribution in [0, 0.1) is 5.82 Å². The Labute approximate surface area is 133 Å². The Morgan fingerprint density at radius 1 is 1.33 bits per heavy atom. The van der Waals surface area contributed by atoms with Crippen molar-refractivity contribution in [2.75, 3.05) is 20.6 Å². The van der Waals surface area contributed by atoms with Crippen LogP contribution in [0.15, 0.2) is 18.2 Å². The average molecular weight is 315 g/mol. The van der Waals surface area contributed by atoms with Gasteiger partial charge in [0.1, 0.15) is 5.82 Å². The van der Waals surface area contributed by atoms with Crippen LogP contribution in [-0.4, -0.2) is 37.1 Å². The molecular formula is C17H28ClFN2. The topological polar surface area (TPSA) is 15.3 Å². The van der Waals surface area contributed by atoms with E-state index in [1.54, 1.807) is 12.1 Å². The minimum atomic E-state index is -0.230. The summed E-state index contributed by atoms with van der Waals surface area (Å²) in [5, 5.41) is 4.25. The maximum absolute atomic E-state index is 13.5. The molecule has 2 atom stereocenters. The van der Waals surface area contributed by atoms with E-state index < -0.39 is 0 Å². The van der Waals surface area contributed by atoms with Gasteiger partial charge in [-0.05, 0) is 70.6 Å². The molecule has 0 bridgehead atoms. The summed E-state index contributed by atoms with van der Waals surface area (Å²) in [4.78, 5) is 2.24. The zero-order valence-electron chi connectivity index (χ0n) is 13.8. The molecule has 120 valence electrons. The Hall–Kier alpha value is -0.640. The maximum Gasteiger partial charge on any atom is 0.123 e. The molecule has 0 saturated carbocycles. The number of rotatable bonds is 8. The molecule has 0 radical (unpaired) electrons. The molecule has 21 heavy (non-hydrogen) atoms. The highest BCUT2D eigenvalue weighted by molar-refractivity contribution is 6.31. The Morgan fingerprint density at radius 3 is 2.52 bits per heavy atom. The third-order valence-corrected chi connectivity index (χ3v) is 4.93. The van der Waals surface area contributed by atoms with Crippen molar-refractivity contribution < 1.29 is 4.39 Å². The monoisotopic (exact) mass is 314 g/mol. The number of hydrogen-bond donors (Lipinski definition) is 1. The Balaban J connectivity index is 3.05. The van der Waals surface area contributed by atoms with E-state index in [1.165, 1.54) is 6.07 Å². The summed E-state index contributed by atoms with van der Waals surface area (Å²) in [6, 6.07) is 4.82. The summed E-state index contributed by atoms with van der Waals surface area (Å²) in [5.74, 6) is -0.230. The number of nitrogens with one attached hydrogen (secondary N) is 1. The van der Waals surface area contributed by atoms with Gasteiger partial charge in [-0.3, -0.25) is 0 Å². The molecule has 0 aliphatic rings. The van der Waals surface area contributed by atoms with Crippen LogP contribution >= 0.6 is 11.6 Å². The number of likely N-dealkylation sites (N-methyl/N-ethyl adjacent to an activating group) is 1. The van der Waals surface area contributed by atoms with Gasteiger partial charge in [-0.15, -0.1) is 0 Å². The average Bonchev–Trinajstić information content (AvgIpc) is 2.45. The third-order valence-electron chi connectivity index (χ3n) is 4.56. The van der Waals surface area contributed by atoms with Gasteiger partial charge in [-0.2, -0.15) is 0 Å². The molecule has 1 rings (SSSR count). The molecule has 0 aliphatic carbocycles. The molecule has 0 spiro atoms. The van der Waals surface area contributed by atoms with Gasteiger partial charge in [0.05, 0.1) is 0 Å². The summed E-state index contributed by atoms with van der Waals surface area (Å²) in [5.41, 5.74) is 0.858. The highest BCUT2D eigenvalue weighted by atomic mass is 35.5. The van der Waals surface area contributed by atoms with Crippen molar-refractivity contribution in [3.05, 3.63) is 34.6 Å². The van der Waals surface area contributed by atoms with Gasteiger partial charge in [-0.25, -0.2) is 4.39 Å².